The Balaban J connectivity index is 1.80. The largest absolute Gasteiger partial charge is 0.347 e. The zero-order valence-electron chi connectivity index (χ0n) is 14.4. The summed E-state index contributed by atoms with van der Waals surface area (Å²) in [5.41, 5.74) is 3.68. The SMILES string of the molecule is CCn1cc([C@H]2CC(=O)N(c3ccccc3C)C2=O)c2ccccc21. The molecule has 3 aromatic rings. The number of anilines is 1. The van der Waals surface area contributed by atoms with Gasteiger partial charge >= 0.3 is 0 Å². The second kappa shape index (κ2) is 5.88. The van der Waals surface area contributed by atoms with E-state index in [0.29, 0.717) is 5.69 Å². The van der Waals surface area contributed by atoms with Gasteiger partial charge in [0.15, 0.2) is 0 Å². The van der Waals surface area contributed by atoms with Gasteiger partial charge in [-0.25, -0.2) is 4.90 Å². The van der Waals surface area contributed by atoms with E-state index in [9.17, 15) is 9.59 Å². The van der Waals surface area contributed by atoms with Crippen LogP contribution in [0.5, 0.6) is 0 Å². The number of nitrogens with zero attached hydrogens (tertiary/aromatic N) is 2. The Labute approximate surface area is 146 Å². The highest BCUT2D eigenvalue weighted by molar-refractivity contribution is 6.23. The lowest BCUT2D eigenvalue weighted by Crippen LogP contribution is -2.30. The van der Waals surface area contributed by atoms with Crippen molar-refractivity contribution in [1.82, 2.24) is 4.57 Å². The summed E-state index contributed by atoms with van der Waals surface area (Å²) >= 11 is 0. The molecule has 0 bridgehead atoms. The van der Waals surface area contributed by atoms with Gasteiger partial charge in [-0.15, -0.1) is 0 Å². The third kappa shape index (κ3) is 2.37. The predicted molar refractivity (Wildman–Crippen MR) is 98.6 cm³/mol. The molecule has 4 heteroatoms. The average Bonchev–Trinajstić information content (AvgIpc) is 3.13. The Hall–Kier alpha value is -2.88. The first kappa shape index (κ1) is 15.6. The highest BCUT2D eigenvalue weighted by atomic mass is 16.2. The molecule has 4 nitrogen and oxygen atoms in total. The molecule has 2 amide bonds. The number of aryl methyl sites for hydroxylation is 2. The normalized spacial score (nSPS) is 17.7. The van der Waals surface area contributed by atoms with Crippen LogP contribution in [0.4, 0.5) is 5.69 Å². The molecule has 1 aliphatic rings. The highest BCUT2D eigenvalue weighted by Crippen LogP contribution is 2.38. The van der Waals surface area contributed by atoms with Crippen LogP contribution in [-0.4, -0.2) is 16.4 Å². The monoisotopic (exact) mass is 332 g/mol. The zero-order chi connectivity index (χ0) is 17.6. The van der Waals surface area contributed by atoms with Crippen LogP contribution in [0.15, 0.2) is 54.7 Å². The predicted octanol–water partition coefficient (Wildman–Crippen LogP) is 4.02. The van der Waals surface area contributed by atoms with Crippen LogP contribution in [0.2, 0.25) is 0 Å². The van der Waals surface area contributed by atoms with E-state index in [0.717, 1.165) is 28.6 Å². The quantitative estimate of drug-likeness (QED) is 0.680. The first-order chi connectivity index (χ1) is 12.1. The van der Waals surface area contributed by atoms with Gasteiger partial charge in [-0.3, -0.25) is 9.59 Å². The molecule has 1 atom stereocenters. The van der Waals surface area contributed by atoms with Crippen LogP contribution in [0.3, 0.4) is 0 Å². The van der Waals surface area contributed by atoms with Crippen molar-refractivity contribution in [3.63, 3.8) is 0 Å². The maximum atomic E-state index is 13.1. The van der Waals surface area contributed by atoms with Gasteiger partial charge in [0.05, 0.1) is 11.6 Å². The molecule has 0 spiro atoms. The number of para-hydroxylation sites is 2. The van der Waals surface area contributed by atoms with Crippen molar-refractivity contribution in [2.24, 2.45) is 0 Å². The minimum absolute atomic E-state index is 0.127. The van der Waals surface area contributed by atoms with E-state index >= 15 is 0 Å². The Morgan fingerprint density at radius 2 is 1.76 bits per heavy atom. The Bertz CT molecular complexity index is 986. The third-order valence-electron chi connectivity index (χ3n) is 5.04. The third-order valence-corrected chi connectivity index (χ3v) is 5.04. The Morgan fingerprint density at radius 1 is 1.04 bits per heavy atom. The molecule has 0 aliphatic carbocycles. The van der Waals surface area contributed by atoms with Crippen molar-refractivity contribution in [3.05, 3.63) is 65.9 Å². The zero-order valence-corrected chi connectivity index (χ0v) is 14.4. The van der Waals surface area contributed by atoms with Gasteiger partial charge in [-0.1, -0.05) is 36.4 Å². The van der Waals surface area contributed by atoms with Crippen molar-refractivity contribution in [3.8, 4) is 0 Å². The molecule has 126 valence electrons. The molecule has 4 rings (SSSR count). The number of carbonyl (C=O) groups is 2. The molecule has 1 fully saturated rings. The Kier molecular flexibility index (Phi) is 3.68. The number of carbonyl (C=O) groups excluding carboxylic acids is 2. The lowest BCUT2D eigenvalue weighted by atomic mass is 9.97. The lowest BCUT2D eigenvalue weighted by Gasteiger charge is -2.17. The number of hydrogen-bond donors (Lipinski definition) is 0. The smallest absolute Gasteiger partial charge is 0.241 e. The van der Waals surface area contributed by atoms with Crippen LogP contribution < -0.4 is 4.90 Å². The molecule has 2 aromatic carbocycles. The van der Waals surface area contributed by atoms with E-state index in [1.807, 2.05) is 55.6 Å². The van der Waals surface area contributed by atoms with Gasteiger partial charge in [-0.05, 0) is 37.1 Å². The van der Waals surface area contributed by atoms with Crippen LogP contribution >= 0.6 is 0 Å². The van der Waals surface area contributed by atoms with Crippen LogP contribution in [0.25, 0.3) is 10.9 Å². The fraction of sp³-hybridized carbons (Fsp3) is 0.238. The number of benzene rings is 2. The minimum atomic E-state index is -0.412. The second-order valence-electron chi connectivity index (χ2n) is 6.50. The molecule has 1 aromatic heterocycles. The molecule has 1 aliphatic heterocycles. The Morgan fingerprint density at radius 3 is 2.52 bits per heavy atom. The van der Waals surface area contributed by atoms with Crippen molar-refractivity contribution in [2.45, 2.75) is 32.7 Å². The maximum Gasteiger partial charge on any atom is 0.241 e. The number of fused-ring (bicyclic) bond motifs is 1. The van der Waals surface area contributed by atoms with E-state index in [-0.39, 0.29) is 18.2 Å². The molecular formula is C21H20N2O2. The van der Waals surface area contributed by atoms with Crippen molar-refractivity contribution < 1.29 is 9.59 Å². The molecule has 1 saturated heterocycles. The molecular weight excluding hydrogens is 312 g/mol. The molecule has 0 radical (unpaired) electrons. The summed E-state index contributed by atoms with van der Waals surface area (Å²) in [6.07, 6.45) is 2.26. The van der Waals surface area contributed by atoms with Gasteiger partial charge in [-0.2, -0.15) is 0 Å². The number of imide groups is 1. The fourth-order valence-electron chi connectivity index (χ4n) is 3.76. The second-order valence-corrected chi connectivity index (χ2v) is 6.50. The summed E-state index contributed by atoms with van der Waals surface area (Å²) < 4.78 is 2.14. The topological polar surface area (TPSA) is 42.3 Å². The summed E-state index contributed by atoms with van der Waals surface area (Å²) in [6.45, 7) is 4.83. The number of aromatic nitrogens is 1. The van der Waals surface area contributed by atoms with Gasteiger partial charge in [0, 0.05) is 30.1 Å². The summed E-state index contributed by atoms with van der Waals surface area (Å²) in [7, 11) is 0. The summed E-state index contributed by atoms with van der Waals surface area (Å²) in [6, 6.07) is 15.6. The highest BCUT2D eigenvalue weighted by Gasteiger charge is 2.41. The van der Waals surface area contributed by atoms with E-state index in [1.165, 1.54) is 4.90 Å². The molecule has 25 heavy (non-hydrogen) atoms. The number of rotatable bonds is 3. The van der Waals surface area contributed by atoms with E-state index < -0.39 is 5.92 Å². The van der Waals surface area contributed by atoms with E-state index in [2.05, 4.69) is 17.6 Å². The van der Waals surface area contributed by atoms with Gasteiger partial charge < -0.3 is 4.57 Å². The minimum Gasteiger partial charge on any atom is -0.347 e. The lowest BCUT2D eigenvalue weighted by molar-refractivity contribution is -0.121. The van der Waals surface area contributed by atoms with Crippen LogP contribution in [0.1, 0.15) is 30.4 Å². The van der Waals surface area contributed by atoms with Gasteiger partial charge in [0.1, 0.15) is 0 Å². The molecule has 0 saturated carbocycles. The van der Waals surface area contributed by atoms with Crippen molar-refractivity contribution in [1.29, 1.82) is 0 Å². The first-order valence-electron chi connectivity index (χ1n) is 8.62. The summed E-state index contributed by atoms with van der Waals surface area (Å²) in [5, 5.41) is 1.06. The average molecular weight is 332 g/mol. The summed E-state index contributed by atoms with van der Waals surface area (Å²) in [4.78, 5) is 27.1. The van der Waals surface area contributed by atoms with Crippen LogP contribution in [0, 0.1) is 6.92 Å². The molecule has 0 unspecified atom stereocenters. The molecule has 2 heterocycles. The van der Waals surface area contributed by atoms with Gasteiger partial charge in [0.25, 0.3) is 0 Å². The maximum absolute atomic E-state index is 13.1. The first-order valence-corrected chi connectivity index (χ1v) is 8.62. The van der Waals surface area contributed by atoms with Crippen molar-refractivity contribution in [2.75, 3.05) is 4.90 Å². The number of amides is 2. The molecule has 0 N–H and O–H groups in total. The van der Waals surface area contributed by atoms with Gasteiger partial charge in [0.2, 0.25) is 11.8 Å². The fourth-order valence-corrected chi connectivity index (χ4v) is 3.76. The number of hydrogen-bond acceptors (Lipinski definition) is 2. The van der Waals surface area contributed by atoms with Crippen molar-refractivity contribution >= 4 is 28.4 Å². The van der Waals surface area contributed by atoms with E-state index in [4.69, 9.17) is 0 Å². The van der Waals surface area contributed by atoms with Crippen LogP contribution in [-0.2, 0) is 16.1 Å². The standard InChI is InChI=1S/C21H20N2O2/c1-3-22-13-17(15-9-5-7-11-19(15)22)16-12-20(24)23(21(16)25)18-10-6-4-8-14(18)2/h4-11,13,16H,3,12H2,1-2H3/t16-/m1/s1. The van der Waals surface area contributed by atoms with E-state index in [1.54, 1.807) is 0 Å². The summed E-state index contributed by atoms with van der Waals surface area (Å²) in [5.74, 6) is -0.666.